The second kappa shape index (κ2) is 8.83. The summed E-state index contributed by atoms with van der Waals surface area (Å²) in [4.78, 5) is 18.0. The molecule has 2 amide bonds. The Kier molecular flexibility index (Phi) is 13.6. The first kappa shape index (κ1) is 9.22. The fourth-order valence-corrected chi connectivity index (χ4v) is 0.0248. The van der Waals surface area contributed by atoms with Gasteiger partial charge in [-0.25, -0.2) is 0 Å². The van der Waals surface area contributed by atoms with Crippen molar-refractivity contribution < 1.29 is 28.4 Å². The Bertz CT molecular complexity index is 40.8. The summed E-state index contributed by atoms with van der Waals surface area (Å²) in [6.45, 7) is 0. The molecule has 4 heteroatoms. The number of carbonyl (C=O) groups excluding carboxylic acids is 2. The number of hydrogen-bond donors (Lipinski definition) is 0. The van der Waals surface area contributed by atoms with Gasteiger partial charge in [0.15, 0.2) is 0 Å². The van der Waals surface area contributed by atoms with E-state index in [9.17, 15) is 0 Å². The molecule has 6 heavy (non-hydrogen) atoms. The number of imide groups is 1. The zero-order valence-corrected chi connectivity index (χ0v) is 3.42. The van der Waals surface area contributed by atoms with Crippen LogP contribution in [-0.2, 0) is 9.59 Å². The fraction of sp³-hybridized carbons (Fsp3) is 0. The molecule has 0 N–H and O–H groups in total. The topological polar surface area (TPSA) is 48.2 Å². The zero-order chi connectivity index (χ0) is 4.12. The molecular weight excluding hydrogens is 77.0 g/mol. The van der Waals surface area contributed by atoms with Gasteiger partial charge in [0.2, 0.25) is 0 Å². The number of carbonyl (C=O) groups is 2. The van der Waals surface area contributed by atoms with Crippen LogP contribution in [-0.4, -0.2) is 12.8 Å². The minimum Gasteiger partial charge on any atom is -0.602 e. The van der Waals surface area contributed by atoms with Crippen molar-refractivity contribution in [3.8, 4) is 0 Å². The Morgan fingerprint density at radius 3 is 1.50 bits per heavy atom. The van der Waals surface area contributed by atoms with E-state index in [1.807, 2.05) is 0 Å². The van der Waals surface area contributed by atoms with Crippen LogP contribution in [0.2, 0.25) is 0 Å². The number of rotatable bonds is 2. The van der Waals surface area contributed by atoms with Gasteiger partial charge in [-0.05, 0) is 0 Å². The van der Waals surface area contributed by atoms with Crippen LogP contribution < -0.4 is 18.9 Å². The molecule has 0 aliphatic rings. The first-order valence-electron chi connectivity index (χ1n) is 0.988. The average Bonchev–Trinajstić information content (AvgIpc) is 1.41. The summed E-state index contributed by atoms with van der Waals surface area (Å²) in [5.74, 6) is 0. The fourth-order valence-electron chi connectivity index (χ4n) is 0.0248. The van der Waals surface area contributed by atoms with Crippen LogP contribution in [0.3, 0.4) is 0 Å². The second-order valence-electron chi connectivity index (χ2n) is 0.360. The molecule has 0 fully saturated rings. The third kappa shape index (κ3) is 9.28. The van der Waals surface area contributed by atoms with E-state index in [2.05, 4.69) is 5.32 Å². The molecular formula is C2H2LiNO2. The maximum absolute atomic E-state index is 9.01. The molecule has 0 rings (SSSR count). The Balaban J connectivity index is 0. The molecule has 0 aromatic rings. The second-order valence-corrected chi connectivity index (χ2v) is 0.360. The zero-order valence-electron chi connectivity index (χ0n) is 3.42. The summed E-state index contributed by atoms with van der Waals surface area (Å²) in [5, 5.41) is 2.61. The SMILES string of the molecule is O=C[N-]C=O.[Li+]. The van der Waals surface area contributed by atoms with Crippen LogP contribution in [0.5, 0.6) is 0 Å². The largest absolute Gasteiger partial charge is 1.00 e. The van der Waals surface area contributed by atoms with Crippen molar-refractivity contribution in [2.75, 3.05) is 0 Å². The smallest absolute Gasteiger partial charge is 0.602 e. The van der Waals surface area contributed by atoms with Gasteiger partial charge in [0, 0.05) is 12.8 Å². The van der Waals surface area contributed by atoms with E-state index >= 15 is 0 Å². The molecule has 0 bridgehead atoms. The van der Waals surface area contributed by atoms with Crippen LogP contribution in [0.1, 0.15) is 0 Å². The molecule has 0 unspecified atom stereocenters. The first-order chi connectivity index (χ1) is 2.41. The molecule has 0 heterocycles. The summed E-state index contributed by atoms with van der Waals surface area (Å²) >= 11 is 0. The molecule has 0 aromatic heterocycles. The minimum absolute atomic E-state index is 0. The number of amides is 2. The van der Waals surface area contributed by atoms with Crippen LogP contribution in [0.4, 0.5) is 0 Å². The van der Waals surface area contributed by atoms with Gasteiger partial charge in [0.25, 0.3) is 0 Å². The first-order valence-corrected chi connectivity index (χ1v) is 0.988. The van der Waals surface area contributed by atoms with Crippen LogP contribution in [0.15, 0.2) is 0 Å². The van der Waals surface area contributed by atoms with Crippen molar-refractivity contribution in [1.29, 1.82) is 0 Å². The molecule has 0 saturated heterocycles. The summed E-state index contributed by atoms with van der Waals surface area (Å²) in [7, 11) is 0. The van der Waals surface area contributed by atoms with Gasteiger partial charge in [-0.3, -0.25) is 0 Å². The summed E-state index contributed by atoms with van der Waals surface area (Å²) in [6, 6.07) is 0. The molecule has 0 aliphatic heterocycles. The molecule has 0 radical (unpaired) electrons. The van der Waals surface area contributed by atoms with Gasteiger partial charge < -0.3 is 14.9 Å². The maximum atomic E-state index is 9.01. The van der Waals surface area contributed by atoms with Crippen molar-refractivity contribution in [2.24, 2.45) is 0 Å². The van der Waals surface area contributed by atoms with Gasteiger partial charge in [-0.2, -0.15) is 0 Å². The van der Waals surface area contributed by atoms with Crippen molar-refractivity contribution in [1.82, 2.24) is 0 Å². The molecule has 0 aliphatic carbocycles. The molecule has 0 aromatic carbocycles. The molecule has 0 saturated carbocycles. The maximum Gasteiger partial charge on any atom is 1.00 e. The minimum atomic E-state index is 0. The third-order valence-corrected chi connectivity index (χ3v) is 0.122. The standard InChI is InChI=1S/C2H3NO2.Li/c4-1-3-2-5;/h1-2H,(H,3,4,5);/q;+1/p-1. The molecule has 3 nitrogen and oxygen atoms in total. The van der Waals surface area contributed by atoms with E-state index in [0.717, 1.165) is 0 Å². The van der Waals surface area contributed by atoms with E-state index < -0.39 is 0 Å². The van der Waals surface area contributed by atoms with E-state index in [4.69, 9.17) is 9.59 Å². The van der Waals surface area contributed by atoms with E-state index in [0.29, 0.717) is 0 Å². The van der Waals surface area contributed by atoms with Gasteiger partial charge in [0.1, 0.15) is 0 Å². The number of hydrogen-bond acceptors (Lipinski definition) is 2. The van der Waals surface area contributed by atoms with Gasteiger partial charge in [0.05, 0.1) is 0 Å². The monoisotopic (exact) mass is 79.0 g/mol. The predicted octanol–water partition coefficient (Wildman–Crippen LogP) is -3.32. The average molecular weight is 79.0 g/mol. The number of nitrogens with zero attached hydrogens (tertiary/aromatic N) is 1. The summed E-state index contributed by atoms with van der Waals surface area (Å²) in [6.07, 6.45) is 0.375. The normalized spacial score (nSPS) is 4.67. The Labute approximate surface area is 47.3 Å². The van der Waals surface area contributed by atoms with Gasteiger partial charge >= 0.3 is 18.9 Å². The van der Waals surface area contributed by atoms with E-state index in [1.54, 1.807) is 0 Å². The predicted molar refractivity (Wildman–Crippen MR) is 15.5 cm³/mol. The molecule has 0 spiro atoms. The van der Waals surface area contributed by atoms with Gasteiger partial charge in [-0.15, -0.1) is 0 Å². The van der Waals surface area contributed by atoms with E-state index in [-0.39, 0.29) is 31.7 Å². The van der Waals surface area contributed by atoms with Crippen molar-refractivity contribution in [2.45, 2.75) is 0 Å². The summed E-state index contributed by atoms with van der Waals surface area (Å²) in [5.41, 5.74) is 0. The van der Waals surface area contributed by atoms with E-state index in [1.165, 1.54) is 0 Å². The van der Waals surface area contributed by atoms with Crippen molar-refractivity contribution in [3.05, 3.63) is 5.32 Å². The van der Waals surface area contributed by atoms with Crippen molar-refractivity contribution in [3.63, 3.8) is 0 Å². The molecule has 28 valence electrons. The Hall–Kier alpha value is -0.263. The molecule has 0 atom stereocenters. The van der Waals surface area contributed by atoms with Crippen LogP contribution >= 0.6 is 0 Å². The third-order valence-electron chi connectivity index (χ3n) is 0.122. The Morgan fingerprint density at radius 1 is 1.17 bits per heavy atom. The van der Waals surface area contributed by atoms with Crippen molar-refractivity contribution >= 4 is 12.8 Å². The Morgan fingerprint density at radius 2 is 1.50 bits per heavy atom. The van der Waals surface area contributed by atoms with Crippen LogP contribution in [0, 0.1) is 0 Å². The quantitative estimate of drug-likeness (QED) is 0.257. The summed E-state index contributed by atoms with van der Waals surface area (Å²) < 4.78 is 0. The van der Waals surface area contributed by atoms with Gasteiger partial charge in [-0.1, -0.05) is 0 Å². The van der Waals surface area contributed by atoms with Crippen LogP contribution in [0.25, 0.3) is 5.32 Å².